The molecule has 15 aromatic rings. The zero-order valence-electron chi connectivity index (χ0n) is 49.1. The summed E-state index contributed by atoms with van der Waals surface area (Å²) in [6.07, 6.45) is 3.84. The molecule has 0 unspecified atom stereocenters. The molecule has 0 fully saturated rings. The molecule has 88 heavy (non-hydrogen) atoms. The number of anilines is 6. The molecule has 12 aromatic carbocycles. The Bertz CT molecular complexity index is 4920. The summed E-state index contributed by atoms with van der Waals surface area (Å²) in [6.45, 7) is 12.3. The van der Waals surface area contributed by atoms with Gasteiger partial charge in [-0.2, -0.15) is 0 Å². The molecule has 0 amide bonds. The van der Waals surface area contributed by atoms with Crippen molar-refractivity contribution in [3.8, 4) is 56.1 Å². The maximum absolute atomic E-state index is 5.28. The Kier molecular flexibility index (Phi) is 14.7. The van der Waals surface area contributed by atoms with Gasteiger partial charge in [-0.1, -0.05) is 209 Å². The molecule has 0 aliphatic heterocycles. The van der Waals surface area contributed by atoms with Crippen LogP contribution >= 0.6 is 0 Å². The Hall–Kier alpha value is -11.6. The first-order valence-electron chi connectivity index (χ1n) is 30.0. The molecule has 420 valence electrons. The average molecular weight is 1130 g/mol. The molecule has 0 radical (unpaired) electrons. The first-order chi connectivity index (χ1) is 43.6. The Balaban J connectivity index is 0.00000337. The molecule has 0 bridgehead atoms. The minimum atomic E-state index is 0.836. The Labute approximate surface area is 513 Å². The van der Waals surface area contributed by atoms with Gasteiger partial charge in [-0.05, 0) is 156 Å². The van der Waals surface area contributed by atoms with Crippen molar-refractivity contribution >= 4 is 90.0 Å². The molecule has 0 aliphatic carbocycles. The number of hydrogen-bond donors (Lipinski definition) is 0. The van der Waals surface area contributed by atoms with Gasteiger partial charge in [-0.15, -0.1) is 0 Å². The fourth-order valence-electron chi connectivity index (χ4n) is 12.4. The van der Waals surface area contributed by atoms with Crippen LogP contribution in [0.3, 0.4) is 0 Å². The molecule has 0 spiro atoms. The third-order valence-electron chi connectivity index (χ3n) is 16.5. The van der Waals surface area contributed by atoms with Crippen LogP contribution in [0.1, 0.15) is 25.1 Å². The van der Waals surface area contributed by atoms with E-state index in [2.05, 4.69) is 311 Å². The van der Waals surface area contributed by atoms with E-state index in [0.717, 1.165) is 123 Å². The molecule has 0 atom stereocenters. The van der Waals surface area contributed by atoms with Crippen LogP contribution in [0.2, 0.25) is 0 Å². The van der Waals surface area contributed by atoms with E-state index in [-0.39, 0.29) is 0 Å². The fraction of sp³-hybridized carbons (Fsp3) is 0.0244. The van der Waals surface area contributed by atoms with Crippen LogP contribution in [0.5, 0.6) is 0 Å². The number of aromatic nitrogens is 4. The van der Waals surface area contributed by atoms with Crippen LogP contribution in [0, 0.1) is 0 Å². The monoisotopic (exact) mass is 1130 g/mol. The predicted octanol–water partition coefficient (Wildman–Crippen LogP) is 22.6. The number of fused-ring (bicyclic) bond motifs is 5. The quantitative estimate of drug-likeness (QED) is 0.109. The van der Waals surface area contributed by atoms with Crippen LogP contribution in [0.4, 0.5) is 34.1 Å². The van der Waals surface area contributed by atoms with Crippen molar-refractivity contribution < 1.29 is 0 Å². The van der Waals surface area contributed by atoms with E-state index < -0.39 is 0 Å². The standard InChI is InChI=1S/C80H56N6.C2H6/c1-3-69-70-23-11-16-28-76(70)85(75(69)4-2)67-51-47-65(48-52-67)83(61-19-7-5-8-20-61)63-43-39-57(40-44-63)55-31-35-59(36-32-55)79-80(82-74-27-15-14-26-73(74)81-79)60-37-33-56(34-38-60)58-41-45-64(46-42-58)84(62-21-9-6-10-22-62)66-49-53-68(54-50-66)86-77-29-17-12-24-71(77)72-25-13-18-30-78(72)86;1-2/h3-54H,1-2H2;1-2H3. The highest BCUT2D eigenvalue weighted by Crippen LogP contribution is 2.41. The van der Waals surface area contributed by atoms with Crippen molar-refractivity contribution in [1.29, 1.82) is 0 Å². The maximum Gasteiger partial charge on any atom is 0.0973 e. The summed E-state index contributed by atoms with van der Waals surface area (Å²) in [4.78, 5) is 15.2. The Morgan fingerprint density at radius 3 is 0.966 bits per heavy atom. The van der Waals surface area contributed by atoms with Gasteiger partial charge in [0, 0.05) is 78.3 Å². The lowest BCUT2D eigenvalue weighted by Crippen LogP contribution is -2.10. The largest absolute Gasteiger partial charge is 0.311 e. The van der Waals surface area contributed by atoms with Gasteiger partial charge in [0.1, 0.15) is 0 Å². The highest BCUT2D eigenvalue weighted by molar-refractivity contribution is 6.09. The highest BCUT2D eigenvalue weighted by atomic mass is 15.1. The van der Waals surface area contributed by atoms with E-state index in [9.17, 15) is 0 Å². The molecule has 3 aromatic heterocycles. The SMILES string of the molecule is C=Cc1c(C=C)n(-c2ccc(N(c3ccccc3)c3ccc(-c4ccc(-c5nc6ccccc6nc5-c5ccc(-c6ccc(N(c7ccccc7)c7ccc(-n8c9ccccc9c9ccccc98)cc7)cc6)cc5)cc4)cc3)cc2)c2ccccc12.CC. The summed E-state index contributed by atoms with van der Waals surface area (Å²) in [5.74, 6) is 0. The lowest BCUT2D eigenvalue weighted by atomic mass is 9.98. The van der Waals surface area contributed by atoms with E-state index in [4.69, 9.17) is 9.97 Å². The first-order valence-corrected chi connectivity index (χ1v) is 30.0. The zero-order chi connectivity index (χ0) is 59.5. The van der Waals surface area contributed by atoms with E-state index in [0.29, 0.717) is 0 Å². The Morgan fingerprint density at radius 2 is 0.580 bits per heavy atom. The second-order valence-corrected chi connectivity index (χ2v) is 21.5. The fourth-order valence-corrected chi connectivity index (χ4v) is 12.4. The van der Waals surface area contributed by atoms with Crippen LogP contribution < -0.4 is 9.80 Å². The van der Waals surface area contributed by atoms with Crippen LogP contribution in [-0.2, 0) is 0 Å². The molecular weight excluding hydrogens is 1070 g/mol. The molecule has 15 rings (SSSR count). The van der Waals surface area contributed by atoms with E-state index in [1.54, 1.807) is 0 Å². The lowest BCUT2D eigenvalue weighted by Gasteiger charge is -2.26. The predicted molar refractivity (Wildman–Crippen MR) is 373 cm³/mol. The molecule has 0 aliphatic rings. The van der Waals surface area contributed by atoms with Crippen molar-refractivity contribution in [1.82, 2.24) is 19.1 Å². The average Bonchev–Trinajstić information content (AvgIpc) is 2.07. The number of rotatable bonds is 14. The van der Waals surface area contributed by atoms with Gasteiger partial charge in [-0.3, -0.25) is 0 Å². The normalized spacial score (nSPS) is 11.2. The summed E-state index contributed by atoms with van der Waals surface area (Å²) in [6, 6.07) is 108. The number of nitrogens with zero attached hydrogens (tertiary/aromatic N) is 6. The molecule has 6 heteroatoms. The third kappa shape index (κ3) is 9.98. The van der Waals surface area contributed by atoms with Crippen molar-refractivity contribution in [3.63, 3.8) is 0 Å². The minimum Gasteiger partial charge on any atom is -0.311 e. The summed E-state index contributed by atoms with van der Waals surface area (Å²) < 4.78 is 4.62. The van der Waals surface area contributed by atoms with E-state index in [1.807, 2.05) is 50.3 Å². The molecule has 0 saturated heterocycles. The van der Waals surface area contributed by atoms with Gasteiger partial charge in [0.25, 0.3) is 0 Å². The van der Waals surface area contributed by atoms with E-state index in [1.165, 1.54) is 21.8 Å². The molecule has 0 saturated carbocycles. The summed E-state index contributed by atoms with van der Waals surface area (Å²) in [5, 5.41) is 3.65. The van der Waals surface area contributed by atoms with Crippen LogP contribution in [-0.4, -0.2) is 19.1 Å². The third-order valence-corrected chi connectivity index (χ3v) is 16.5. The second kappa shape index (κ2) is 23.8. The minimum absolute atomic E-state index is 0.836. The lowest BCUT2D eigenvalue weighted by molar-refractivity contribution is 1.10. The second-order valence-electron chi connectivity index (χ2n) is 21.5. The van der Waals surface area contributed by atoms with Crippen molar-refractivity contribution in [2.45, 2.75) is 13.8 Å². The highest BCUT2D eigenvalue weighted by Gasteiger charge is 2.20. The van der Waals surface area contributed by atoms with Gasteiger partial charge < -0.3 is 18.9 Å². The number of hydrogen-bond acceptors (Lipinski definition) is 4. The maximum atomic E-state index is 5.28. The molecule has 3 heterocycles. The number of benzene rings is 12. The van der Waals surface area contributed by atoms with Crippen LogP contribution in [0.25, 0.3) is 112 Å². The van der Waals surface area contributed by atoms with Gasteiger partial charge in [-0.25, -0.2) is 9.97 Å². The molecule has 6 nitrogen and oxygen atoms in total. The molecule has 0 N–H and O–H groups in total. The van der Waals surface area contributed by atoms with Crippen molar-refractivity contribution in [2.75, 3.05) is 9.80 Å². The van der Waals surface area contributed by atoms with Crippen molar-refractivity contribution in [3.05, 3.63) is 328 Å². The number of para-hydroxylation sites is 7. The van der Waals surface area contributed by atoms with Gasteiger partial charge in [0.15, 0.2) is 0 Å². The zero-order valence-corrected chi connectivity index (χ0v) is 49.1. The van der Waals surface area contributed by atoms with Crippen molar-refractivity contribution in [2.24, 2.45) is 0 Å². The van der Waals surface area contributed by atoms with Gasteiger partial charge in [0.2, 0.25) is 0 Å². The van der Waals surface area contributed by atoms with Gasteiger partial charge in [0.05, 0.1) is 44.7 Å². The summed E-state index contributed by atoms with van der Waals surface area (Å²) in [7, 11) is 0. The smallest absolute Gasteiger partial charge is 0.0973 e. The summed E-state index contributed by atoms with van der Waals surface area (Å²) in [5.41, 5.74) is 24.0. The first kappa shape index (κ1) is 54.3. The summed E-state index contributed by atoms with van der Waals surface area (Å²) >= 11 is 0. The molecular formula is C82H62N6. The topological polar surface area (TPSA) is 42.1 Å². The van der Waals surface area contributed by atoms with Crippen LogP contribution in [0.15, 0.2) is 316 Å². The van der Waals surface area contributed by atoms with Gasteiger partial charge >= 0.3 is 0 Å². The Morgan fingerprint density at radius 1 is 0.284 bits per heavy atom. The van der Waals surface area contributed by atoms with E-state index >= 15 is 0 Å².